The van der Waals surface area contributed by atoms with Crippen molar-refractivity contribution in [2.24, 2.45) is 5.92 Å². The second kappa shape index (κ2) is 13.1. The zero-order valence-corrected chi connectivity index (χ0v) is 21.4. The minimum Gasteiger partial charge on any atom is -0.464 e. The van der Waals surface area contributed by atoms with Crippen molar-refractivity contribution < 1.29 is 28.7 Å². The molecule has 1 aromatic carbocycles. The molecule has 8 nitrogen and oxygen atoms in total. The van der Waals surface area contributed by atoms with Crippen molar-refractivity contribution in [2.45, 2.75) is 64.4 Å². The van der Waals surface area contributed by atoms with Crippen LogP contribution in [-0.4, -0.2) is 34.8 Å². The number of nitrogens with one attached hydrogen (secondary N) is 1. The Hall–Kier alpha value is -2.14. The van der Waals surface area contributed by atoms with Gasteiger partial charge in [-0.3, -0.25) is 4.79 Å². The number of benzene rings is 1. The lowest BCUT2D eigenvalue weighted by Gasteiger charge is -2.20. The van der Waals surface area contributed by atoms with Gasteiger partial charge in [0.1, 0.15) is 0 Å². The summed E-state index contributed by atoms with van der Waals surface area (Å²) in [6, 6.07) is 7.33. The summed E-state index contributed by atoms with van der Waals surface area (Å²) in [7, 11) is 0. The number of aliphatic hydroxyl groups excluding tert-OH is 1. The lowest BCUT2D eigenvalue weighted by molar-refractivity contribution is -0.153. The van der Waals surface area contributed by atoms with Gasteiger partial charge in [0.15, 0.2) is 17.0 Å². The van der Waals surface area contributed by atoms with E-state index in [4.69, 9.17) is 14.0 Å². The van der Waals surface area contributed by atoms with Crippen molar-refractivity contribution in [3.63, 3.8) is 0 Å². The number of anilines is 1. The molecule has 10 heteroatoms. The van der Waals surface area contributed by atoms with Crippen LogP contribution >= 0.6 is 23.4 Å². The number of esters is 1. The van der Waals surface area contributed by atoms with Crippen LogP contribution in [0.15, 0.2) is 24.3 Å². The van der Waals surface area contributed by atoms with E-state index in [0.717, 1.165) is 41.7 Å². The number of thiazole rings is 1. The van der Waals surface area contributed by atoms with E-state index in [-0.39, 0.29) is 24.1 Å². The first-order valence-corrected chi connectivity index (χ1v) is 13.6. The Morgan fingerprint density at radius 3 is 2.56 bits per heavy atom. The zero-order valence-electron chi connectivity index (χ0n) is 19.7. The van der Waals surface area contributed by atoms with Crippen LogP contribution in [0.4, 0.5) is 5.13 Å². The molecule has 2 aromatic rings. The third kappa shape index (κ3) is 6.94. The quantitative estimate of drug-likeness (QED) is 0.175. The average Bonchev–Trinajstić information content (AvgIpc) is 3.51. The zero-order chi connectivity index (χ0) is 24.5. The fourth-order valence-electron chi connectivity index (χ4n) is 4.21. The summed E-state index contributed by atoms with van der Waals surface area (Å²) in [5.74, 6) is -0.203. The molecule has 186 valence electrons. The van der Waals surface area contributed by atoms with E-state index in [9.17, 15) is 14.7 Å². The summed E-state index contributed by atoms with van der Waals surface area (Å²) in [6.07, 6.45) is 6.25. The van der Waals surface area contributed by atoms with Crippen molar-refractivity contribution in [3.8, 4) is 5.75 Å². The highest BCUT2D eigenvalue weighted by Crippen LogP contribution is 2.36. The molecule has 3 rings (SSSR count). The molecule has 0 radical (unpaired) electrons. The van der Waals surface area contributed by atoms with Gasteiger partial charge in [-0.15, -0.1) is 15.7 Å². The lowest BCUT2D eigenvalue weighted by atomic mass is 9.87. The third-order valence-corrected chi connectivity index (χ3v) is 7.22. The number of hydrogen-bond donors (Lipinski definition) is 2. The number of hydrogen-bond acceptors (Lipinski definition) is 9. The summed E-state index contributed by atoms with van der Waals surface area (Å²) < 4.78 is 9.83. The largest absolute Gasteiger partial charge is 0.464 e. The van der Waals surface area contributed by atoms with Crippen LogP contribution in [0.25, 0.3) is 0 Å². The number of nitrogens with zero attached hydrogens (tertiary/aromatic N) is 1. The van der Waals surface area contributed by atoms with Gasteiger partial charge in [-0.25, -0.2) is 9.78 Å². The molecular weight excluding hydrogens is 476 g/mol. The Morgan fingerprint density at radius 1 is 1.24 bits per heavy atom. The Balaban J connectivity index is 1.79. The molecule has 1 heterocycles. The molecule has 2 N–H and O–H groups in total. The second-order valence-corrected chi connectivity index (χ2v) is 9.70. The molecule has 2 atom stereocenters. The molecule has 0 aliphatic heterocycles. The summed E-state index contributed by atoms with van der Waals surface area (Å²) in [5, 5.41) is 13.7. The predicted octanol–water partition coefficient (Wildman–Crippen LogP) is 5.19. The minimum absolute atomic E-state index is 0.158. The maximum absolute atomic E-state index is 13.4. The molecule has 1 aliphatic rings. The van der Waals surface area contributed by atoms with Gasteiger partial charge in [-0.1, -0.05) is 44.7 Å². The molecule has 0 spiro atoms. The van der Waals surface area contributed by atoms with Crippen LogP contribution in [0.3, 0.4) is 0 Å². The third-order valence-electron chi connectivity index (χ3n) is 5.89. The van der Waals surface area contributed by atoms with E-state index in [0.29, 0.717) is 23.2 Å². The molecular formula is C24H32N2O6S2. The van der Waals surface area contributed by atoms with Crippen molar-refractivity contribution >= 4 is 40.4 Å². The van der Waals surface area contributed by atoms with Crippen LogP contribution in [0.5, 0.6) is 5.75 Å². The lowest BCUT2D eigenvalue weighted by Crippen LogP contribution is -2.23. The van der Waals surface area contributed by atoms with Gasteiger partial charge in [-0.2, -0.15) is 0 Å². The minimum atomic E-state index is -1.47. The summed E-state index contributed by atoms with van der Waals surface area (Å²) >= 11 is 2.38. The van der Waals surface area contributed by atoms with E-state index < -0.39 is 12.1 Å². The maximum atomic E-state index is 13.4. The highest BCUT2D eigenvalue weighted by Gasteiger charge is 2.29. The predicted molar refractivity (Wildman–Crippen MR) is 133 cm³/mol. The van der Waals surface area contributed by atoms with Gasteiger partial charge in [0.25, 0.3) is 0 Å². The van der Waals surface area contributed by atoms with Crippen LogP contribution < -0.4 is 10.2 Å². The fraction of sp³-hybridized carbons (Fsp3) is 0.542. The van der Waals surface area contributed by atoms with E-state index in [2.05, 4.69) is 10.3 Å². The molecule has 1 aromatic heterocycles. The van der Waals surface area contributed by atoms with E-state index in [1.54, 1.807) is 25.3 Å². The first kappa shape index (κ1) is 26.5. The van der Waals surface area contributed by atoms with Crippen molar-refractivity contribution in [1.82, 2.24) is 4.98 Å². The number of carbonyl (C=O) groups excluding carboxylic acids is 2. The Kier molecular flexibility index (Phi) is 10.2. The normalized spacial score (nSPS) is 15.6. The highest BCUT2D eigenvalue weighted by molar-refractivity contribution is 7.93. The van der Waals surface area contributed by atoms with Crippen molar-refractivity contribution in [2.75, 3.05) is 18.2 Å². The summed E-state index contributed by atoms with van der Waals surface area (Å²) in [4.78, 5) is 35.7. The SMILES string of the molecule is CCOC(=O)C(O)c1nc(NC(=O)C(CC2CCCC2)c2ccc(OOSC)cc2)sc1CC. The molecule has 1 amide bonds. The van der Waals surface area contributed by atoms with Crippen LogP contribution in [0, 0.1) is 5.92 Å². The number of ether oxygens (including phenoxy) is 1. The fourth-order valence-corrected chi connectivity index (χ4v) is 5.29. The van der Waals surface area contributed by atoms with Gasteiger partial charge in [0.05, 0.1) is 18.2 Å². The molecule has 0 bridgehead atoms. The van der Waals surface area contributed by atoms with E-state index in [1.165, 1.54) is 24.2 Å². The Labute approximate surface area is 208 Å². The first-order valence-electron chi connectivity index (χ1n) is 11.6. The van der Waals surface area contributed by atoms with Crippen LogP contribution in [0.1, 0.15) is 74.1 Å². The second-order valence-electron chi connectivity index (χ2n) is 8.15. The molecule has 1 aliphatic carbocycles. The molecule has 0 saturated heterocycles. The number of amides is 1. The summed E-state index contributed by atoms with van der Waals surface area (Å²) in [5.41, 5.74) is 1.13. The topological polar surface area (TPSA) is 107 Å². The smallest absolute Gasteiger partial charge is 0.341 e. The van der Waals surface area contributed by atoms with Gasteiger partial charge in [-0.05, 0) is 43.4 Å². The van der Waals surface area contributed by atoms with E-state index in [1.807, 2.05) is 19.1 Å². The number of aryl methyl sites for hydroxylation is 1. The molecule has 2 unspecified atom stereocenters. The average molecular weight is 509 g/mol. The monoisotopic (exact) mass is 508 g/mol. The van der Waals surface area contributed by atoms with Crippen LogP contribution in [0.2, 0.25) is 0 Å². The standard InChI is InChI=1S/C24H32N2O6S2/c1-4-19-20(21(27)23(29)30-5-2)25-24(34-19)26-22(28)18(14-15-8-6-7-9-15)16-10-12-17(13-11-16)31-32-33-3/h10-13,15,18,21,27H,4-9,14H2,1-3H3,(H,25,26,28). The first-order chi connectivity index (χ1) is 16.5. The van der Waals surface area contributed by atoms with Gasteiger partial charge in [0, 0.05) is 23.2 Å². The van der Waals surface area contributed by atoms with Crippen molar-refractivity contribution in [3.05, 3.63) is 40.4 Å². The van der Waals surface area contributed by atoms with Crippen LogP contribution in [-0.2, 0) is 25.1 Å². The van der Waals surface area contributed by atoms with Gasteiger partial charge in [0.2, 0.25) is 5.91 Å². The van der Waals surface area contributed by atoms with Crippen molar-refractivity contribution in [1.29, 1.82) is 0 Å². The number of aromatic nitrogens is 1. The Bertz CT molecular complexity index is 943. The molecule has 1 fully saturated rings. The number of aliphatic hydroxyl groups is 1. The maximum Gasteiger partial charge on any atom is 0.341 e. The van der Waals surface area contributed by atoms with Gasteiger partial charge < -0.3 is 20.0 Å². The molecule has 34 heavy (non-hydrogen) atoms. The number of carbonyl (C=O) groups is 2. The molecule has 1 saturated carbocycles. The Morgan fingerprint density at radius 2 is 1.94 bits per heavy atom. The summed E-state index contributed by atoms with van der Waals surface area (Å²) in [6.45, 7) is 3.76. The van der Waals surface area contributed by atoms with Gasteiger partial charge >= 0.3 is 5.97 Å². The van der Waals surface area contributed by atoms with E-state index >= 15 is 0 Å². The number of rotatable bonds is 12. The highest BCUT2D eigenvalue weighted by atomic mass is 32.2.